The van der Waals surface area contributed by atoms with Crippen LogP contribution in [0.5, 0.6) is 0 Å². The van der Waals surface area contributed by atoms with Gasteiger partial charge in [0.15, 0.2) is 0 Å². The van der Waals surface area contributed by atoms with Gasteiger partial charge in [-0.25, -0.2) is 0 Å². The van der Waals surface area contributed by atoms with Gasteiger partial charge in [0.25, 0.3) is 0 Å². The van der Waals surface area contributed by atoms with Crippen LogP contribution in [0.2, 0.25) is 0 Å². The molecule has 0 amide bonds. The summed E-state index contributed by atoms with van der Waals surface area (Å²) in [7, 11) is 0. The van der Waals surface area contributed by atoms with Gasteiger partial charge in [0.2, 0.25) is 0 Å². The van der Waals surface area contributed by atoms with Crippen molar-refractivity contribution >= 4 is 0 Å². The molecule has 4 aromatic rings. The molecular formula is C42H46O8. The fourth-order valence-corrected chi connectivity index (χ4v) is 4.80. The van der Waals surface area contributed by atoms with Crippen LogP contribution >= 0.6 is 0 Å². The number of aliphatic hydroxyl groups excluding tert-OH is 2. The predicted octanol–water partition coefficient (Wildman–Crippen LogP) is 5.35. The van der Waals surface area contributed by atoms with Gasteiger partial charge in [0.05, 0.1) is 52.9 Å². The number of aliphatic hydroxyl groups is 2. The standard InChI is InChI=1S/C42H46O8/c43-27-39(47-29-35-17-7-3-8-18-35)41(49-31-37-21-11-5-12-22-37)33-45-25-15-1-2-16-26-46-34-42(50-32-38-23-13-6-14-24-38)40(28-44)48-30-36-19-9-4-10-20-36/h3-14,17-24,39-44H,25-34H2/t39-,40-,41-,42-/m1/s1. The van der Waals surface area contributed by atoms with Gasteiger partial charge in [0.1, 0.15) is 37.6 Å². The molecule has 8 heteroatoms. The van der Waals surface area contributed by atoms with Crippen molar-refractivity contribution in [3.63, 3.8) is 0 Å². The first-order chi connectivity index (χ1) is 24.7. The predicted molar refractivity (Wildman–Crippen MR) is 191 cm³/mol. The largest absolute Gasteiger partial charge is 0.394 e. The lowest BCUT2D eigenvalue weighted by Crippen LogP contribution is -2.38. The summed E-state index contributed by atoms with van der Waals surface area (Å²) in [6.07, 6.45) is -2.19. The first-order valence-corrected chi connectivity index (χ1v) is 16.7. The van der Waals surface area contributed by atoms with E-state index in [4.69, 9.17) is 28.4 Å². The van der Waals surface area contributed by atoms with E-state index in [1.807, 2.05) is 121 Å². The number of hydrogen-bond donors (Lipinski definition) is 2. The Balaban J connectivity index is 1.23. The van der Waals surface area contributed by atoms with Crippen molar-refractivity contribution in [1.82, 2.24) is 0 Å². The van der Waals surface area contributed by atoms with Crippen molar-refractivity contribution in [2.45, 2.75) is 50.8 Å². The topological polar surface area (TPSA) is 95.8 Å². The van der Waals surface area contributed by atoms with Crippen molar-refractivity contribution in [1.29, 1.82) is 0 Å². The highest BCUT2D eigenvalue weighted by molar-refractivity contribution is 5.26. The summed E-state index contributed by atoms with van der Waals surface area (Å²) >= 11 is 0. The Morgan fingerprint density at radius 3 is 0.960 bits per heavy atom. The molecule has 0 radical (unpaired) electrons. The zero-order chi connectivity index (χ0) is 34.9. The summed E-state index contributed by atoms with van der Waals surface area (Å²) < 4.78 is 35.9. The molecule has 50 heavy (non-hydrogen) atoms. The third-order valence-corrected chi connectivity index (χ3v) is 7.57. The minimum atomic E-state index is -0.585. The molecule has 0 aliphatic carbocycles. The molecule has 0 spiro atoms. The molecule has 0 aromatic heterocycles. The van der Waals surface area contributed by atoms with Crippen LogP contribution in [0.25, 0.3) is 0 Å². The van der Waals surface area contributed by atoms with E-state index >= 15 is 0 Å². The third-order valence-electron chi connectivity index (χ3n) is 7.57. The minimum absolute atomic E-state index is 0.129. The van der Waals surface area contributed by atoms with Crippen LogP contribution in [0.1, 0.15) is 22.3 Å². The van der Waals surface area contributed by atoms with Gasteiger partial charge < -0.3 is 38.6 Å². The van der Waals surface area contributed by atoms with E-state index in [-0.39, 0.29) is 39.6 Å². The van der Waals surface area contributed by atoms with Gasteiger partial charge in [-0.1, -0.05) is 133 Å². The number of ether oxygens (including phenoxy) is 6. The van der Waals surface area contributed by atoms with E-state index in [1.54, 1.807) is 0 Å². The Kier molecular flexibility index (Phi) is 18.4. The maximum atomic E-state index is 10.1. The third kappa shape index (κ3) is 15.1. The van der Waals surface area contributed by atoms with Crippen molar-refractivity contribution in [2.75, 3.05) is 39.6 Å². The summed E-state index contributed by atoms with van der Waals surface area (Å²) in [4.78, 5) is 0. The Labute approximate surface area is 295 Å². The van der Waals surface area contributed by atoms with Gasteiger partial charge in [-0.2, -0.15) is 0 Å². The van der Waals surface area contributed by atoms with Crippen molar-refractivity contribution in [2.24, 2.45) is 0 Å². The molecule has 4 atom stereocenters. The normalized spacial score (nSPS) is 13.2. The molecule has 0 heterocycles. The second kappa shape index (κ2) is 23.9. The Morgan fingerprint density at radius 1 is 0.400 bits per heavy atom. The van der Waals surface area contributed by atoms with Gasteiger partial charge in [-0.05, 0) is 34.1 Å². The second-order valence-electron chi connectivity index (χ2n) is 11.3. The molecule has 0 saturated carbocycles. The Morgan fingerprint density at radius 2 is 0.680 bits per heavy atom. The van der Waals surface area contributed by atoms with E-state index in [9.17, 15) is 10.2 Å². The van der Waals surface area contributed by atoms with Gasteiger partial charge >= 0.3 is 0 Å². The first kappa shape index (κ1) is 38.5. The second-order valence-corrected chi connectivity index (χ2v) is 11.3. The monoisotopic (exact) mass is 678 g/mol. The lowest BCUT2D eigenvalue weighted by Gasteiger charge is -2.26. The lowest BCUT2D eigenvalue weighted by molar-refractivity contribution is -0.126. The molecule has 0 fully saturated rings. The molecule has 4 aromatic carbocycles. The van der Waals surface area contributed by atoms with Gasteiger partial charge in [-0.15, -0.1) is 0 Å². The molecule has 8 nitrogen and oxygen atoms in total. The van der Waals surface area contributed by atoms with Crippen molar-refractivity contribution < 1.29 is 38.6 Å². The molecular weight excluding hydrogens is 632 g/mol. The Hall–Kier alpha value is -4.32. The molecule has 4 rings (SSSR count). The molecule has 2 N–H and O–H groups in total. The van der Waals surface area contributed by atoms with E-state index in [2.05, 4.69) is 23.7 Å². The van der Waals surface area contributed by atoms with Gasteiger partial charge in [-0.3, -0.25) is 0 Å². The molecule has 0 bridgehead atoms. The fourth-order valence-electron chi connectivity index (χ4n) is 4.80. The summed E-state index contributed by atoms with van der Waals surface area (Å²) in [5, 5.41) is 20.2. The number of benzene rings is 4. The summed E-state index contributed by atoms with van der Waals surface area (Å²) in [6.45, 7) is 1.58. The average Bonchev–Trinajstić information content (AvgIpc) is 3.17. The highest BCUT2D eigenvalue weighted by Crippen LogP contribution is 2.14. The lowest BCUT2D eigenvalue weighted by atomic mass is 10.2. The van der Waals surface area contributed by atoms with Crippen LogP contribution in [-0.4, -0.2) is 74.3 Å². The first-order valence-electron chi connectivity index (χ1n) is 16.7. The molecule has 0 aliphatic rings. The summed E-state index contributed by atoms with van der Waals surface area (Å²) in [5.41, 5.74) is 4.02. The maximum Gasteiger partial charge on any atom is 0.110 e. The average molecular weight is 679 g/mol. The van der Waals surface area contributed by atoms with Crippen molar-refractivity contribution in [3.05, 3.63) is 144 Å². The van der Waals surface area contributed by atoms with Crippen LogP contribution < -0.4 is 0 Å². The van der Waals surface area contributed by atoms with Gasteiger partial charge in [0, 0.05) is 0 Å². The molecule has 0 saturated heterocycles. The van der Waals surface area contributed by atoms with E-state index in [0.29, 0.717) is 26.4 Å². The van der Waals surface area contributed by atoms with Crippen LogP contribution in [0.15, 0.2) is 121 Å². The minimum Gasteiger partial charge on any atom is -0.394 e. The van der Waals surface area contributed by atoms with Crippen LogP contribution in [-0.2, 0) is 54.8 Å². The fraction of sp³-hybridized carbons (Fsp3) is 0.333. The maximum absolute atomic E-state index is 10.1. The zero-order valence-electron chi connectivity index (χ0n) is 28.3. The number of rotatable bonds is 22. The molecule has 0 unspecified atom stereocenters. The molecule has 0 aliphatic heterocycles. The van der Waals surface area contributed by atoms with E-state index < -0.39 is 24.4 Å². The summed E-state index contributed by atoms with van der Waals surface area (Å²) in [6, 6.07) is 39.2. The highest BCUT2D eigenvalue weighted by atomic mass is 16.6. The Bertz CT molecular complexity index is 1440. The SMILES string of the molecule is OC[C@@H](OCc1ccccc1)[C@@H](COCC#CC#CCOC[C@@H](OCc1ccccc1)[C@@H](CO)OCc1ccccc1)OCc1ccccc1. The van der Waals surface area contributed by atoms with E-state index in [1.165, 1.54) is 0 Å². The van der Waals surface area contributed by atoms with Crippen LogP contribution in [0.4, 0.5) is 0 Å². The smallest absolute Gasteiger partial charge is 0.110 e. The van der Waals surface area contributed by atoms with E-state index in [0.717, 1.165) is 22.3 Å². The van der Waals surface area contributed by atoms with Crippen molar-refractivity contribution in [3.8, 4) is 23.7 Å². The highest BCUT2D eigenvalue weighted by Gasteiger charge is 2.24. The molecule has 262 valence electrons. The number of hydrogen-bond acceptors (Lipinski definition) is 8. The zero-order valence-corrected chi connectivity index (χ0v) is 28.3. The summed E-state index contributed by atoms with van der Waals surface area (Å²) in [5.74, 6) is 11.3. The van der Waals surface area contributed by atoms with Crippen LogP contribution in [0.3, 0.4) is 0 Å². The quantitative estimate of drug-likeness (QED) is 0.0849. The van der Waals surface area contributed by atoms with Crippen LogP contribution in [0, 0.1) is 23.7 Å².